The second-order valence-corrected chi connectivity index (χ2v) is 5.76. The summed E-state index contributed by atoms with van der Waals surface area (Å²) in [4.78, 5) is 4.68. The number of aliphatic imine (C=N–C) groups is 1. The van der Waals surface area contributed by atoms with Crippen LogP contribution in [0.4, 0.5) is 5.69 Å². The van der Waals surface area contributed by atoms with Gasteiger partial charge in [-0.1, -0.05) is 25.6 Å². The van der Waals surface area contributed by atoms with Gasteiger partial charge in [-0.25, -0.2) is 0 Å². The van der Waals surface area contributed by atoms with E-state index in [-0.39, 0.29) is 0 Å². The molecule has 0 aromatic heterocycles. The predicted octanol–water partition coefficient (Wildman–Crippen LogP) is 3.24. The molecular weight excluding hydrogens is 260 g/mol. The van der Waals surface area contributed by atoms with Crippen molar-refractivity contribution in [2.24, 2.45) is 10.9 Å². The third-order valence-corrected chi connectivity index (χ3v) is 4.08. The zero-order valence-electron chi connectivity index (χ0n) is 11.8. The van der Waals surface area contributed by atoms with Crippen LogP contribution in [0.25, 0.3) is 0 Å². The molecule has 2 rings (SSSR count). The lowest BCUT2D eigenvalue weighted by atomic mass is 10.1. The van der Waals surface area contributed by atoms with Crippen LogP contribution in [-0.2, 0) is 0 Å². The van der Waals surface area contributed by atoms with Gasteiger partial charge in [-0.3, -0.25) is 4.99 Å². The molecule has 0 radical (unpaired) electrons. The second kappa shape index (κ2) is 6.19. The lowest BCUT2D eigenvalue weighted by molar-refractivity contribution is 0.395. The minimum absolute atomic E-state index is 0.400. The number of benzene rings is 1. The van der Waals surface area contributed by atoms with Gasteiger partial charge in [-0.05, 0) is 18.1 Å². The molecule has 19 heavy (non-hydrogen) atoms. The molecule has 104 valence electrons. The Balaban J connectivity index is 2.13. The van der Waals surface area contributed by atoms with Gasteiger partial charge >= 0.3 is 0 Å². The van der Waals surface area contributed by atoms with Crippen LogP contribution in [0.3, 0.4) is 0 Å². The van der Waals surface area contributed by atoms with E-state index in [4.69, 9.17) is 9.47 Å². The number of ether oxygens (including phenoxy) is 2. The highest BCUT2D eigenvalue weighted by atomic mass is 32.2. The summed E-state index contributed by atoms with van der Waals surface area (Å²) in [6.07, 6.45) is 0. The molecule has 0 unspecified atom stereocenters. The van der Waals surface area contributed by atoms with E-state index in [0.29, 0.717) is 12.0 Å². The van der Waals surface area contributed by atoms with Gasteiger partial charge in [-0.15, -0.1) is 0 Å². The molecule has 0 amide bonds. The molecular formula is C14H20N2O2S. The summed E-state index contributed by atoms with van der Waals surface area (Å²) in [6.45, 7) is 4.40. The molecule has 5 heteroatoms. The van der Waals surface area contributed by atoms with E-state index in [1.807, 2.05) is 18.2 Å². The summed E-state index contributed by atoms with van der Waals surface area (Å²) in [5.74, 6) is 3.15. The van der Waals surface area contributed by atoms with Crippen molar-refractivity contribution < 1.29 is 9.47 Å². The van der Waals surface area contributed by atoms with Crippen molar-refractivity contribution in [3.05, 3.63) is 18.2 Å². The minimum atomic E-state index is 0.400. The van der Waals surface area contributed by atoms with Crippen molar-refractivity contribution >= 4 is 22.6 Å². The zero-order chi connectivity index (χ0) is 13.8. The summed E-state index contributed by atoms with van der Waals surface area (Å²) in [6, 6.07) is 6.12. The molecule has 0 fully saturated rings. The number of anilines is 1. The number of rotatable bonds is 4. The van der Waals surface area contributed by atoms with E-state index >= 15 is 0 Å². The van der Waals surface area contributed by atoms with Crippen LogP contribution in [0.1, 0.15) is 13.8 Å². The molecule has 1 heterocycles. The van der Waals surface area contributed by atoms with Crippen molar-refractivity contribution in [2.75, 3.05) is 25.3 Å². The van der Waals surface area contributed by atoms with Crippen LogP contribution in [0.5, 0.6) is 11.5 Å². The SMILES string of the molecule is COc1ccc(NC2=N[C@@H](C(C)C)CS2)c(OC)c1. The number of amidine groups is 1. The summed E-state index contributed by atoms with van der Waals surface area (Å²) < 4.78 is 10.6. The average molecular weight is 280 g/mol. The maximum atomic E-state index is 5.37. The highest BCUT2D eigenvalue weighted by molar-refractivity contribution is 8.14. The number of nitrogens with zero attached hydrogens (tertiary/aromatic N) is 1. The summed E-state index contributed by atoms with van der Waals surface area (Å²) >= 11 is 1.75. The van der Waals surface area contributed by atoms with Crippen molar-refractivity contribution in [2.45, 2.75) is 19.9 Å². The average Bonchev–Trinajstić information content (AvgIpc) is 2.88. The van der Waals surface area contributed by atoms with Gasteiger partial charge in [0.15, 0.2) is 5.17 Å². The van der Waals surface area contributed by atoms with Crippen molar-refractivity contribution in [1.29, 1.82) is 0 Å². The van der Waals surface area contributed by atoms with Crippen LogP contribution < -0.4 is 14.8 Å². The van der Waals surface area contributed by atoms with Gasteiger partial charge in [0.05, 0.1) is 25.9 Å². The third kappa shape index (κ3) is 3.35. The molecule has 4 nitrogen and oxygen atoms in total. The maximum absolute atomic E-state index is 5.37. The van der Waals surface area contributed by atoms with Crippen molar-refractivity contribution in [3.8, 4) is 11.5 Å². The fraction of sp³-hybridized carbons (Fsp3) is 0.500. The molecule has 1 aromatic rings. The fourth-order valence-electron chi connectivity index (χ4n) is 1.82. The highest BCUT2D eigenvalue weighted by Crippen LogP contribution is 2.31. The minimum Gasteiger partial charge on any atom is -0.497 e. The molecule has 1 atom stereocenters. The third-order valence-electron chi connectivity index (χ3n) is 3.09. The number of methoxy groups -OCH3 is 2. The number of nitrogens with one attached hydrogen (secondary N) is 1. The molecule has 0 saturated carbocycles. The maximum Gasteiger partial charge on any atom is 0.161 e. The van der Waals surface area contributed by atoms with Crippen LogP contribution in [0.2, 0.25) is 0 Å². The quantitative estimate of drug-likeness (QED) is 0.919. The summed E-state index contributed by atoms with van der Waals surface area (Å²) in [7, 11) is 3.30. The topological polar surface area (TPSA) is 42.8 Å². The normalized spacial score (nSPS) is 18.4. The van der Waals surface area contributed by atoms with Crippen LogP contribution >= 0.6 is 11.8 Å². The first-order valence-electron chi connectivity index (χ1n) is 6.33. The Labute approximate surface area is 118 Å². The molecule has 0 aliphatic carbocycles. The van der Waals surface area contributed by atoms with Crippen LogP contribution in [-0.4, -0.2) is 31.2 Å². The predicted molar refractivity (Wildman–Crippen MR) is 81.7 cm³/mol. The molecule has 1 aliphatic heterocycles. The van der Waals surface area contributed by atoms with Gasteiger partial charge in [0.2, 0.25) is 0 Å². The fourth-order valence-corrected chi connectivity index (χ4v) is 3.00. The molecule has 0 spiro atoms. The Hall–Kier alpha value is -1.36. The Morgan fingerprint density at radius 2 is 2.11 bits per heavy atom. The van der Waals surface area contributed by atoms with Crippen LogP contribution in [0.15, 0.2) is 23.2 Å². The first kappa shape index (κ1) is 14.1. The summed E-state index contributed by atoms with van der Waals surface area (Å²) in [5.41, 5.74) is 0.916. The van der Waals surface area contributed by atoms with Gasteiger partial charge in [0.25, 0.3) is 0 Å². The molecule has 1 N–H and O–H groups in total. The zero-order valence-corrected chi connectivity index (χ0v) is 12.6. The molecule has 1 aromatic carbocycles. The van der Waals surface area contributed by atoms with Crippen LogP contribution in [0, 0.1) is 5.92 Å². The van der Waals surface area contributed by atoms with E-state index < -0.39 is 0 Å². The number of thioether (sulfide) groups is 1. The van der Waals surface area contributed by atoms with E-state index in [1.165, 1.54) is 0 Å². The Morgan fingerprint density at radius 3 is 2.68 bits per heavy atom. The Bertz CT molecular complexity index is 475. The molecule has 1 aliphatic rings. The highest BCUT2D eigenvalue weighted by Gasteiger charge is 2.21. The number of hydrogen-bond donors (Lipinski definition) is 1. The largest absolute Gasteiger partial charge is 0.497 e. The first-order valence-corrected chi connectivity index (χ1v) is 7.32. The van der Waals surface area contributed by atoms with E-state index in [2.05, 4.69) is 24.2 Å². The van der Waals surface area contributed by atoms with Gasteiger partial charge in [-0.2, -0.15) is 0 Å². The van der Waals surface area contributed by atoms with E-state index in [0.717, 1.165) is 28.1 Å². The summed E-state index contributed by atoms with van der Waals surface area (Å²) in [5, 5.41) is 4.29. The van der Waals surface area contributed by atoms with Gasteiger partial charge < -0.3 is 14.8 Å². The molecule has 0 bridgehead atoms. The standard InChI is InChI=1S/C14H20N2O2S/c1-9(2)12-8-19-14(16-12)15-11-6-5-10(17-3)7-13(11)18-4/h5-7,9,12H,8H2,1-4H3,(H,15,16)/t12-/m1/s1. The lowest BCUT2D eigenvalue weighted by Gasteiger charge is -2.11. The van der Waals surface area contributed by atoms with Gasteiger partial charge in [0.1, 0.15) is 11.5 Å². The van der Waals surface area contributed by atoms with Crippen molar-refractivity contribution in [1.82, 2.24) is 0 Å². The smallest absolute Gasteiger partial charge is 0.161 e. The Kier molecular flexibility index (Phi) is 4.58. The monoisotopic (exact) mass is 280 g/mol. The Morgan fingerprint density at radius 1 is 1.32 bits per heavy atom. The number of hydrogen-bond acceptors (Lipinski definition) is 5. The van der Waals surface area contributed by atoms with Gasteiger partial charge in [0, 0.05) is 11.8 Å². The van der Waals surface area contributed by atoms with E-state index in [9.17, 15) is 0 Å². The van der Waals surface area contributed by atoms with Crippen molar-refractivity contribution in [3.63, 3.8) is 0 Å². The molecule has 0 saturated heterocycles. The first-order chi connectivity index (χ1) is 9.13. The lowest BCUT2D eigenvalue weighted by Crippen LogP contribution is -2.12. The van der Waals surface area contributed by atoms with E-state index in [1.54, 1.807) is 26.0 Å². The second-order valence-electron chi connectivity index (χ2n) is 4.75.